The van der Waals surface area contributed by atoms with Gasteiger partial charge in [0.15, 0.2) is 0 Å². The molecule has 1 atom stereocenters. The summed E-state index contributed by atoms with van der Waals surface area (Å²) < 4.78 is 14.1. The molecule has 0 saturated carbocycles. The van der Waals surface area contributed by atoms with Crippen molar-refractivity contribution in [2.24, 2.45) is 0 Å². The second-order valence-corrected chi connectivity index (χ2v) is 7.53. The van der Waals surface area contributed by atoms with Gasteiger partial charge < -0.3 is 4.90 Å². The van der Waals surface area contributed by atoms with E-state index in [0.29, 0.717) is 24.2 Å². The summed E-state index contributed by atoms with van der Waals surface area (Å²) in [6.07, 6.45) is 4.00. The third kappa shape index (κ3) is 3.42. The number of nitrogens with zero attached hydrogens (tertiary/aromatic N) is 3. The number of carbonyl (C=O) groups is 1. The molecule has 1 aromatic heterocycles. The molecule has 1 saturated heterocycles. The zero-order valence-corrected chi connectivity index (χ0v) is 15.0. The average Bonchev–Trinajstić information content (AvgIpc) is 2.93. The van der Waals surface area contributed by atoms with E-state index in [1.165, 1.54) is 6.07 Å². The van der Waals surface area contributed by atoms with Crippen LogP contribution in [-0.4, -0.2) is 39.6 Å². The predicted octanol–water partition coefficient (Wildman–Crippen LogP) is 4.09. The van der Waals surface area contributed by atoms with Crippen LogP contribution in [0.3, 0.4) is 0 Å². The van der Waals surface area contributed by atoms with Gasteiger partial charge in [-0.25, -0.2) is 4.39 Å². The van der Waals surface area contributed by atoms with Crippen LogP contribution in [0.5, 0.6) is 0 Å². The third-order valence-corrected chi connectivity index (χ3v) is 5.91. The lowest BCUT2D eigenvalue weighted by molar-refractivity contribution is 0.0766. The van der Waals surface area contributed by atoms with Crippen LogP contribution in [-0.2, 0) is 0 Å². The van der Waals surface area contributed by atoms with Crippen LogP contribution in [0.4, 0.5) is 4.39 Å². The molecule has 1 aliphatic rings. The first-order valence-electron chi connectivity index (χ1n) is 8.58. The average molecular weight is 367 g/mol. The first-order valence-corrected chi connectivity index (χ1v) is 9.63. The lowest BCUT2D eigenvalue weighted by Gasteiger charge is -2.20. The second kappa shape index (κ2) is 7.41. The Bertz CT molecular complexity index is 949. The number of rotatable bonds is 2. The smallest absolute Gasteiger partial charge is 0.253 e. The van der Waals surface area contributed by atoms with E-state index in [9.17, 15) is 9.18 Å². The first-order chi connectivity index (χ1) is 12.7. The Morgan fingerprint density at radius 1 is 1.08 bits per heavy atom. The number of hydrogen-bond donors (Lipinski definition) is 0. The van der Waals surface area contributed by atoms with E-state index in [1.54, 1.807) is 42.4 Å². The SMILES string of the molecule is O=C(c1ccc2nccnc2c1)N1CCS[C@H](c2ccccc2F)CC1. The molecule has 0 aliphatic carbocycles. The molecule has 26 heavy (non-hydrogen) atoms. The van der Waals surface area contributed by atoms with Gasteiger partial charge in [0.2, 0.25) is 0 Å². The number of thioether (sulfide) groups is 1. The molecular weight excluding hydrogens is 349 g/mol. The molecule has 0 N–H and O–H groups in total. The molecule has 0 spiro atoms. The Morgan fingerprint density at radius 2 is 1.88 bits per heavy atom. The normalized spacial score (nSPS) is 17.9. The summed E-state index contributed by atoms with van der Waals surface area (Å²) in [6, 6.07) is 12.3. The molecule has 0 bridgehead atoms. The molecule has 132 valence electrons. The zero-order valence-electron chi connectivity index (χ0n) is 14.1. The van der Waals surface area contributed by atoms with Crippen molar-refractivity contribution in [2.45, 2.75) is 11.7 Å². The summed E-state index contributed by atoms with van der Waals surface area (Å²) in [4.78, 5) is 23.3. The lowest BCUT2D eigenvalue weighted by Crippen LogP contribution is -2.33. The summed E-state index contributed by atoms with van der Waals surface area (Å²) >= 11 is 1.71. The van der Waals surface area contributed by atoms with Crippen molar-refractivity contribution < 1.29 is 9.18 Å². The van der Waals surface area contributed by atoms with Crippen LogP contribution in [0.15, 0.2) is 54.9 Å². The Balaban J connectivity index is 1.51. The number of benzene rings is 2. The Labute approximate surface area is 155 Å². The Morgan fingerprint density at radius 3 is 2.73 bits per heavy atom. The minimum absolute atomic E-state index is 0.00710. The zero-order chi connectivity index (χ0) is 17.9. The standard InChI is InChI=1S/C20H18FN3OS/c21-16-4-2-1-3-15(16)19-7-10-24(11-12-26-19)20(25)14-5-6-17-18(13-14)23-9-8-22-17/h1-6,8-9,13,19H,7,10-12H2/t19-/m0/s1. The van der Waals surface area contributed by atoms with Gasteiger partial charge in [-0.3, -0.25) is 14.8 Å². The van der Waals surface area contributed by atoms with Gasteiger partial charge in [0, 0.05) is 47.6 Å². The number of halogens is 1. The van der Waals surface area contributed by atoms with Crippen LogP contribution in [0, 0.1) is 5.82 Å². The van der Waals surface area contributed by atoms with Crippen LogP contribution >= 0.6 is 11.8 Å². The van der Waals surface area contributed by atoms with E-state index in [4.69, 9.17) is 0 Å². The number of aromatic nitrogens is 2. The molecule has 6 heteroatoms. The fourth-order valence-electron chi connectivity index (χ4n) is 3.24. The van der Waals surface area contributed by atoms with Crippen LogP contribution in [0.1, 0.15) is 27.6 Å². The van der Waals surface area contributed by atoms with Gasteiger partial charge in [0.1, 0.15) is 5.82 Å². The Hall–Kier alpha value is -2.47. The van der Waals surface area contributed by atoms with Crippen molar-refractivity contribution in [1.82, 2.24) is 14.9 Å². The van der Waals surface area contributed by atoms with E-state index in [0.717, 1.165) is 23.3 Å². The molecule has 2 heterocycles. The van der Waals surface area contributed by atoms with Gasteiger partial charge in [0.25, 0.3) is 5.91 Å². The molecule has 1 amide bonds. The molecule has 0 unspecified atom stereocenters. The van der Waals surface area contributed by atoms with E-state index < -0.39 is 0 Å². The summed E-state index contributed by atoms with van der Waals surface area (Å²) in [5, 5.41) is 0.0801. The highest BCUT2D eigenvalue weighted by atomic mass is 32.2. The molecule has 1 aliphatic heterocycles. The molecule has 0 radical (unpaired) electrons. The highest BCUT2D eigenvalue weighted by Gasteiger charge is 2.24. The maximum atomic E-state index is 14.1. The maximum absolute atomic E-state index is 14.1. The van der Waals surface area contributed by atoms with Gasteiger partial charge in [0.05, 0.1) is 11.0 Å². The van der Waals surface area contributed by atoms with Gasteiger partial charge in [-0.15, -0.1) is 0 Å². The van der Waals surface area contributed by atoms with E-state index in [1.807, 2.05) is 23.1 Å². The fourth-order valence-corrected chi connectivity index (χ4v) is 4.49. The summed E-state index contributed by atoms with van der Waals surface area (Å²) in [7, 11) is 0. The minimum atomic E-state index is -0.169. The number of hydrogen-bond acceptors (Lipinski definition) is 4. The van der Waals surface area contributed by atoms with Crippen LogP contribution in [0.2, 0.25) is 0 Å². The van der Waals surface area contributed by atoms with Crippen molar-refractivity contribution in [3.63, 3.8) is 0 Å². The molecule has 3 aromatic rings. The van der Waals surface area contributed by atoms with Crippen molar-refractivity contribution in [2.75, 3.05) is 18.8 Å². The van der Waals surface area contributed by atoms with Gasteiger partial charge in [-0.05, 0) is 30.7 Å². The summed E-state index contributed by atoms with van der Waals surface area (Å²) in [6.45, 7) is 1.27. The van der Waals surface area contributed by atoms with Crippen molar-refractivity contribution in [3.05, 3.63) is 71.8 Å². The molecule has 4 nitrogen and oxygen atoms in total. The first kappa shape index (κ1) is 17.0. The maximum Gasteiger partial charge on any atom is 0.253 e. The highest BCUT2D eigenvalue weighted by molar-refractivity contribution is 7.99. The molecular formula is C20H18FN3OS. The van der Waals surface area contributed by atoms with Gasteiger partial charge in [-0.2, -0.15) is 11.8 Å². The van der Waals surface area contributed by atoms with E-state index in [2.05, 4.69) is 9.97 Å². The second-order valence-electron chi connectivity index (χ2n) is 6.22. The molecule has 1 fully saturated rings. The van der Waals surface area contributed by atoms with Crippen LogP contribution in [0.25, 0.3) is 11.0 Å². The topological polar surface area (TPSA) is 46.1 Å². The number of fused-ring (bicyclic) bond motifs is 1. The quantitative estimate of drug-likeness (QED) is 0.684. The third-order valence-electron chi connectivity index (χ3n) is 4.60. The largest absolute Gasteiger partial charge is 0.338 e. The monoisotopic (exact) mass is 367 g/mol. The van der Waals surface area contributed by atoms with Crippen LogP contribution < -0.4 is 0 Å². The van der Waals surface area contributed by atoms with Crippen molar-refractivity contribution in [1.29, 1.82) is 0 Å². The minimum Gasteiger partial charge on any atom is -0.338 e. The fraction of sp³-hybridized carbons (Fsp3) is 0.250. The Kier molecular flexibility index (Phi) is 4.84. The molecule has 4 rings (SSSR count). The number of carbonyl (C=O) groups excluding carboxylic acids is 1. The van der Waals surface area contributed by atoms with E-state index in [-0.39, 0.29) is 17.0 Å². The summed E-state index contributed by atoms with van der Waals surface area (Å²) in [5.41, 5.74) is 2.84. The highest BCUT2D eigenvalue weighted by Crippen LogP contribution is 2.35. The lowest BCUT2D eigenvalue weighted by atomic mass is 10.1. The van der Waals surface area contributed by atoms with E-state index >= 15 is 0 Å². The predicted molar refractivity (Wildman–Crippen MR) is 102 cm³/mol. The number of amides is 1. The van der Waals surface area contributed by atoms with Crippen molar-refractivity contribution >= 4 is 28.7 Å². The van der Waals surface area contributed by atoms with Crippen molar-refractivity contribution in [3.8, 4) is 0 Å². The van der Waals surface area contributed by atoms with Gasteiger partial charge >= 0.3 is 0 Å². The van der Waals surface area contributed by atoms with Gasteiger partial charge in [-0.1, -0.05) is 18.2 Å². The summed E-state index contributed by atoms with van der Waals surface area (Å²) in [5.74, 6) is 0.614. The molecule has 2 aromatic carbocycles.